The predicted molar refractivity (Wildman–Crippen MR) is 86.5 cm³/mol. The largest absolute Gasteiger partial charge is 0.351 e. The smallest absolute Gasteiger partial charge is 0.129 e. The highest BCUT2D eigenvalue weighted by molar-refractivity contribution is 6.31. The molecule has 1 aliphatic heterocycles. The molecule has 112 valence electrons. The Kier molecular flexibility index (Phi) is 4.92. The fourth-order valence-electron chi connectivity index (χ4n) is 2.78. The summed E-state index contributed by atoms with van der Waals surface area (Å²) in [5.41, 5.74) is 1.34. The fraction of sp³-hybridized carbons (Fsp3) is 0.688. The summed E-state index contributed by atoms with van der Waals surface area (Å²) in [6.07, 6.45) is 4.24. The lowest BCUT2D eigenvalue weighted by Crippen LogP contribution is -2.38. The van der Waals surface area contributed by atoms with Crippen molar-refractivity contribution in [2.45, 2.75) is 52.6 Å². The molecule has 1 aromatic rings. The van der Waals surface area contributed by atoms with Crippen LogP contribution in [0.1, 0.15) is 46.1 Å². The van der Waals surface area contributed by atoms with Gasteiger partial charge in [-0.25, -0.2) is 4.98 Å². The molecule has 0 bridgehead atoms. The van der Waals surface area contributed by atoms with E-state index in [1.54, 1.807) is 6.20 Å². The molecule has 1 aliphatic rings. The molecule has 2 rings (SSSR count). The Labute approximate surface area is 127 Å². The van der Waals surface area contributed by atoms with Gasteiger partial charge in [0.15, 0.2) is 0 Å². The summed E-state index contributed by atoms with van der Waals surface area (Å²) >= 11 is 6.27. The van der Waals surface area contributed by atoms with E-state index < -0.39 is 0 Å². The molecule has 0 aliphatic carbocycles. The standard InChI is InChI=1S/C16H26ClN3/c1-12(2)9-18-10-13-8-15(19-11-14(13)17)20-7-5-6-16(20,3)4/h8,11-12,18H,5-7,9-10H2,1-4H3. The van der Waals surface area contributed by atoms with Crippen LogP contribution in [0, 0.1) is 5.92 Å². The third-order valence-corrected chi connectivity index (χ3v) is 4.31. The van der Waals surface area contributed by atoms with E-state index >= 15 is 0 Å². The molecule has 0 aromatic carbocycles. The molecule has 2 heterocycles. The van der Waals surface area contributed by atoms with E-state index in [0.717, 1.165) is 36.0 Å². The maximum Gasteiger partial charge on any atom is 0.129 e. The van der Waals surface area contributed by atoms with Crippen molar-refractivity contribution in [3.8, 4) is 0 Å². The Morgan fingerprint density at radius 3 is 2.80 bits per heavy atom. The minimum Gasteiger partial charge on any atom is -0.351 e. The van der Waals surface area contributed by atoms with Gasteiger partial charge in [-0.2, -0.15) is 0 Å². The van der Waals surface area contributed by atoms with Crippen molar-refractivity contribution in [1.82, 2.24) is 10.3 Å². The minimum atomic E-state index is 0.198. The SMILES string of the molecule is CC(C)CNCc1cc(N2CCCC2(C)C)ncc1Cl. The Balaban J connectivity index is 2.12. The second-order valence-electron chi connectivity index (χ2n) is 6.73. The van der Waals surface area contributed by atoms with Crippen molar-refractivity contribution in [1.29, 1.82) is 0 Å². The molecule has 4 heteroatoms. The molecule has 1 saturated heterocycles. The van der Waals surface area contributed by atoms with Gasteiger partial charge in [0.2, 0.25) is 0 Å². The van der Waals surface area contributed by atoms with Crippen molar-refractivity contribution >= 4 is 17.4 Å². The summed E-state index contributed by atoms with van der Waals surface area (Å²) in [5.74, 6) is 1.70. The summed E-state index contributed by atoms with van der Waals surface area (Å²) in [7, 11) is 0. The van der Waals surface area contributed by atoms with E-state index in [1.807, 2.05) is 0 Å². The van der Waals surface area contributed by atoms with Gasteiger partial charge in [0.1, 0.15) is 5.82 Å². The molecule has 0 spiro atoms. The molecule has 0 unspecified atom stereocenters. The van der Waals surface area contributed by atoms with Gasteiger partial charge < -0.3 is 10.2 Å². The van der Waals surface area contributed by atoms with Crippen LogP contribution >= 0.6 is 11.6 Å². The van der Waals surface area contributed by atoms with E-state index in [-0.39, 0.29) is 5.54 Å². The fourth-order valence-corrected chi connectivity index (χ4v) is 2.95. The second-order valence-corrected chi connectivity index (χ2v) is 7.13. The number of pyridine rings is 1. The summed E-state index contributed by atoms with van der Waals surface area (Å²) in [6, 6.07) is 2.14. The number of anilines is 1. The highest BCUT2D eigenvalue weighted by Gasteiger charge is 2.32. The first-order chi connectivity index (χ1) is 9.40. The first kappa shape index (κ1) is 15.6. The summed E-state index contributed by atoms with van der Waals surface area (Å²) in [6.45, 7) is 11.9. The van der Waals surface area contributed by atoms with Crippen LogP contribution in [0.25, 0.3) is 0 Å². The molecule has 1 aromatic heterocycles. The van der Waals surface area contributed by atoms with Gasteiger partial charge in [-0.15, -0.1) is 0 Å². The molecular formula is C16H26ClN3. The number of aromatic nitrogens is 1. The zero-order valence-corrected chi connectivity index (χ0v) is 13.8. The van der Waals surface area contributed by atoms with Gasteiger partial charge >= 0.3 is 0 Å². The van der Waals surface area contributed by atoms with E-state index in [9.17, 15) is 0 Å². The van der Waals surface area contributed by atoms with Crippen molar-refractivity contribution < 1.29 is 0 Å². The number of nitrogens with zero attached hydrogens (tertiary/aromatic N) is 2. The van der Waals surface area contributed by atoms with Crippen molar-refractivity contribution in [2.24, 2.45) is 5.92 Å². The van der Waals surface area contributed by atoms with Gasteiger partial charge in [-0.3, -0.25) is 0 Å². The maximum atomic E-state index is 6.27. The van der Waals surface area contributed by atoms with Gasteiger partial charge in [-0.1, -0.05) is 25.4 Å². The van der Waals surface area contributed by atoms with E-state index in [1.165, 1.54) is 12.8 Å². The van der Waals surface area contributed by atoms with Crippen LogP contribution in [-0.2, 0) is 6.54 Å². The van der Waals surface area contributed by atoms with Gasteiger partial charge in [0, 0.05) is 24.8 Å². The van der Waals surface area contributed by atoms with Crippen LogP contribution in [0.5, 0.6) is 0 Å². The Morgan fingerprint density at radius 2 is 2.20 bits per heavy atom. The van der Waals surface area contributed by atoms with Gasteiger partial charge in [0.25, 0.3) is 0 Å². The van der Waals surface area contributed by atoms with Crippen LogP contribution in [0.2, 0.25) is 5.02 Å². The first-order valence-corrected chi connectivity index (χ1v) is 7.91. The Bertz CT molecular complexity index is 457. The van der Waals surface area contributed by atoms with Gasteiger partial charge in [-0.05, 0) is 50.8 Å². The van der Waals surface area contributed by atoms with Crippen molar-refractivity contribution in [2.75, 3.05) is 18.0 Å². The third kappa shape index (κ3) is 3.64. The molecule has 1 fully saturated rings. The topological polar surface area (TPSA) is 28.2 Å². The van der Waals surface area contributed by atoms with Crippen LogP contribution in [0.15, 0.2) is 12.3 Å². The van der Waals surface area contributed by atoms with E-state index in [0.29, 0.717) is 5.92 Å². The maximum absolute atomic E-state index is 6.27. The lowest BCUT2D eigenvalue weighted by Gasteiger charge is -2.33. The normalized spacial score (nSPS) is 18.0. The molecule has 0 amide bonds. The van der Waals surface area contributed by atoms with Crippen LogP contribution in [0.3, 0.4) is 0 Å². The Morgan fingerprint density at radius 1 is 1.45 bits per heavy atom. The van der Waals surface area contributed by atoms with Crippen molar-refractivity contribution in [3.05, 3.63) is 22.8 Å². The monoisotopic (exact) mass is 295 g/mol. The lowest BCUT2D eigenvalue weighted by molar-refractivity contribution is 0.513. The Hall–Kier alpha value is -0.800. The zero-order valence-electron chi connectivity index (χ0n) is 13.0. The summed E-state index contributed by atoms with van der Waals surface area (Å²) in [4.78, 5) is 6.92. The molecule has 0 radical (unpaired) electrons. The second kappa shape index (κ2) is 6.31. The number of nitrogens with one attached hydrogen (secondary N) is 1. The van der Waals surface area contributed by atoms with Crippen LogP contribution in [0.4, 0.5) is 5.82 Å². The highest BCUT2D eigenvalue weighted by Crippen LogP contribution is 2.33. The first-order valence-electron chi connectivity index (χ1n) is 7.53. The summed E-state index contributed by atoms with van der Waals surface area (Å²) in [5, 5.41) is 4.20. The zero-order chi connectivity index (χ0) is 14.8. The number of hydrogen-bond donors (Lipinski definition) is 1. The van der Waals surface area contributed by atoms with E-state index in [2.05, 4.69) is 49.0 Å². The third-order valence-electron chi connectivity index (χ3n) is 3.97. The quantitative estimate of drug-likeness (QED) is 0.894. The average molecular weight is 296 g/mol. The van der Waals surface area contributed by atoms with Crippen molar-refractivity contribution in [3.63, 3.8) is 0 Å². The van der Waals surface area contributed by atoms with Gasteiger partial charge in [0.05, 0.1) is 5.02 Å². The number of halogens is 1. The molecular weight excluding hydrogens is 270 g/mol. The highest BCUT2D eigenvalue weighted by atomic mass is 35.5. The molecule has 3 nitrogen and oxygen atoms in total. The lowest BCUT2D eigenvalue weighted by atomic mass is 10.0. The number of hydrogen-bond acceptors (Lipinski definition) is 3. The van der Waals surface area contributed by atoms with Crippen LogP contribution in [-0.4, -0.2) is 23.6 Å². The molecule has 20 heavy (non-hydrogen) atoms. The van der Waals surface area contributed by atoms with E-state index in [4.69, 9.17) is 11.6 Å². The minimum absolute atomic E-state index is 0.198. The average Bonchev–Trinajstić information content (AvgIpc) is 2.71. The number of rotatable bonds is 5. The van der Waals surface area contributed by atoms with Crippen LogP contribution < -0.4 is 10.2 Å². The molecule has 1 N–H and O–H groups in total. The molecule has 0 saturated carbocycles. The predicted octanol–water partition coefficient (Wildman–Crippen LogP) is 3.86. The molecule has 0 atom stereocenters. The summed E-state index contributed by atoms with van der Waals surface area (Å²) < 4.78 is 0.